The van der Waals surface area contributed by atoms with Crippen LogP contribution in [0.5, 0.6) is 0 Å². The molecule has 2 N–H and O–H groups in total. The third-order valence-electron chi connectivity index (χ3n) is 2.65. The third-order valence-corrected chi connectivity index (χ3v) is 3.83. The third kappa shape index (κ3) is 3.33. The maximum atomic E-state index is 4.59. The predicted octanol–water partition coefficient (Wildman–Crippen LogP) is 2.96. The predicted molar refractivity (Wildman–Crippen MR) is 82.9 cm³/mol. The van der Waals surface area contributed by atoms with E-state index in [1.807, 2.05) is 19.1 Å². The zero-order valence-corrected chi connectivity index (χ0v) is 12.8. The fraction of sp³-hybridized carbons (Fsp3) is 0.538. The Morgan fingerprint density at radius 2 is 2.05 bits per heavy atom. The van der Waals surface area contributed by atoms with Gasteiger partial charge in [0.05, 0.1) is 5.39 Å². The molecule has 0 radical (unpaired) electrons. The van der Waals surface area contributed by atoms with E-state index >= 15 is 0 Å². The van der Waals surface area contributed by atoms with E-state index in [4.69, 9.17) is 0 Å². The Morgan fingerprint density at radius 3 is 2.68 bits per heavy atom. The molecule has 19 heavy (non-hydrogen) atoms. The zero-order chi connectivity index (χ0) is 13.8. The molecule has 5 nitrogen and oxygen atoms in total. The summed E-state index contributed by atoms with van der Waals surface area (Å²) in [6, 6.07) is 2.18. The van der Waals surface area contributed by atoms with Crippen molar-refractivity contribution in [2.75, 3.05) is 31.4 Å². The lowest BCUT2D eigenvalue weighted by atomic mass is 10.3. The number of hydrazine groups is 1. The van der Waals surface area contributed by atoms with Gasteiger partial charge in [-0.25, -0.2) is 9.99 Å². The van der Waals surface area contributed by atoms with E-state index < -0.39 is 0 Å². The van der Waals surface area contributed by atoms with E-state index in [0.717, 1.165) is 35.4 Å². The second kappa shape index (κ2) is 6.16. The minimum atomic E-state index is 0.697. The number of hydrogen-bond acceptors (Lipinski definition) is 6. The Hall–Kier alpha value is -1.40. The standard InChI is InChI=1S/C13H21N5S/c1-5-7-14-13-15-11(17-18(3)4)10-8-9(6-2)19-12(10)16-13/h8H,5-7H2,1-4H3,(H2,14,15,16,17). The maximum absolute atomic E-state index is 4.59. The highest BCUT2D eigenvalue weighted by atomic mass is 32.1. The van der Waals surface area contributed by atoms with Gasteiger partial charge in [0.25, 0.3) is 0 Å². The highest BCUT2D eigenvalue weighted by Crippen LogP contribution is 2.30. The molecule has 2 aromatic rings. The molecule has 0 aliphatic carbocycles. The van der Waals surface area contributed by atoms with Gasteiger partial charge in [-0.2, -0.15) is 4.98 Å². The number of nitrogens with one attached hydrogen (secondary N) is 2. The van der Waals surface area contributed by atoms with E-state index in [1.54, 1.807) is 11.3 Å². The summed E-state index contributed by atoms with van der Waals surface area (Å²) in [6.07, 6.45) is 2.09. The van der Waals surface area contributed by atoms with Gasteiger partial charge in [-0.1, -0.05) is 13.8 Å². The van der Waals surface area contributed by atoms with Crippen molar-refractivity contribution in [1.82, 2.24) is 15.0 Å². The first kappa shape index (κ1) is 14.0. The number of aromatic nitrogens is 2. The van der Waals surface area contributed by atoms with Crippen LogP contribution in [0, 0.1) is 0 Å². The number of rotatable bonds is 6. The molecule has 2 aromatic heterocycles. The smallest absolute Gasteiger partial charge is 0.226 e. The van der Waals surface area contributed by atoms with Crippen molar-refractivity contribution >= 4 is 33.3 Å². The highest BCUT2D eigenvalue weighted by molar-refractivity contribution is 7.18. The molecule has 6 heteroatoms. The van der Waals surface area contributed by atoms with Gasteiger partial charge in [0.15, 0.2) is 5.82 Å². The first-order valence-corrected chi connectivity index (χ1v) is 7.44. The lowest BCUT2D eigenvalue weighted by Crippen LogP contribution is -2.21. The summed E-state index contributed by atoms with van der Waals surface area (Å²) in [5.74, 6) is 1.56. The number of fused-ring (bicyclic) bond motifs is 1. The number of nitrogens with zero attached hydrogens (tertiary/aromatic N) is 3. The number of aryl methyl sites for hydroxylation is 1. The van der Waals surface area contributed by atoms with Crippen molar-refractivity contribution in [3.8, 4) is 0 Å². The fourth-order valence-electron chi connectivity index (χ4n) is 1.76. The monoisotopic (exact) mass is 279 g/mol. The van der Waals surface area contributed by atoms with Crippen LogP contribution in [0.15, 0.2) is 6.07 Å². The molecule has 0 bridgehead atoms. The van der Waals surface area contributed by atoms with Crippen LogP contribution in [0.1, 0.15) is 25.1 Å². The minimum absolute atomic E-state index is 0.697. The first-order valence-electron chi connectivity index (χ1n) is 6.62. The lowest BCUT2D eigenvalue weighted by molar-refractivity contribution is 0.493. The second-order valence-corrected chi connectivity index (χ2v) is 5.73. The number of hydrogen-bond donors (Lipinski definition) is 2. The summed E-state index contributed by atoms with van der Waals surface area (Å²) in [7, 11) is 3.92. The Bertz CT molecular complexity index is 549. The van der Waals surface area contributed by atoms with E-state index in [9.17, 15) is 0 Å². The van der Waals surface area contributed by atoms with E-state index in [0.29, 0.717) is 5.95 Å². The van der Waals surface area contributed by atoms with Gasteiger partial charge in [0, 0.05) is 25.5 Å². The molecule has 0 unspecified atom stereocenters. The molecule has 0 saturated carbocycles. The van der Waals surface area contributed by atoms with Crippen LogP contribution in [0.3, 0.4) is 0 Å². The number of thiophene rings is 1. The molecule has 0 amide bonds. The average molecular weight is 279 g/mol. The van der Waals surface area contributed by atoms with E-state index in [-0.39, 0.29) is 0 Å². The van der Waals surface area contributed by atoms with Crippen molar-refractivity contribution in [2.45, 2.75) is 26.7 Å². The highest BCUT2D eigenvalue weighted by Gasteiger charge is 2.11. The molecule has 0 saturated heterocycles. The van der Waals surface area contributed by atoms with Crippen LogP contribution in [0.4, 0.5) is 11.8 Å². The molecule has 0 aliphatic heterocycles. The topological polar surface area (TPSA) is 53.1 Å². The Labute approximate surface area is 118 Å². The molecular formula is C13H21N5S. The minimum Gasteiger partial charge on any atom is -0.354 e. The molecule has 0 aromatic carbocycles. The van der Waals surface area contributed by atoms with Gasteiger partial charge in [-0.05, 0) is 18.9 Å². The molecule has 0 fully saturated rings. The Balaban J connectivity index is 2.43. The summed E-state index contributed by atoms with van der Waals surface area (Å²) >= 11 is 1.74. The summed E-state index contributed by atoms with van der Waals surface area (Å²) < 4.78 is 0. The molecule has 0 spiro atoms. The normalized spacial score (nSPS) is 11.2. The number of anilines is 2. The summed E-state index contributed by atoms with van der Waals surface area (Å²) in [5.41, 5.74) is 3.25. The van der Waals surface area contributed by atoms with Gasteiger partial charge in [-0.15, -0.1) is 11.3 Å². The maximum Gasteiger partial charge on any atom is 0.226 e. The van der Waals surface area contributed by atoms with Crippen LogP contribution < -0.4 is 10.7 Å². The molecule has 0 atom stereocenters. The van der Waals surface area contributed by atoms with Gasteiger partial charge < -0.3 is 10.7 Å². The Morgan fingerprint density at radius 1 is 1.26 bits per heavy atom. The molecule has 104 valence electrons. The van der Waals surface area contributed by atoms with Crippen molar-refractivity contribution in [1.29, 1.82) is 0 Å². The summed E-state index contributed by atoms with van der Waals surface area (Å²) in [6.45, 7) is 5.18. The van der Waals surface area contributed by atoms with Gasteiger partial charge in [-0.3, -0.25) is 0 Å². The van der Waals surface area contributed by atoms with Crippen LogP contribution in [0.25, 0.3) is 10.2 Å². The SMILES string of the molecule is CCCNc1nc(NN(C)C)c2cc(CC)sc2n1. The van der Waals surface area contributed by atoms with Gasteiger partial charge in [0.1, 0.15) is 4.83 Å². The van der Waals surface area contributed by atoms with Gasteiger partial charge in [0.2, 0.25) is 5.95 Å². The molecular weight excluding hydrogens is 258 g/mol. The lowest BCUT2D eigenvalue weighted by Gasteiger charge is -2.14. The quantitative estimate of drug-likeness (QED) is 0.796. The average Bonchev–Trinajstić information content (AvgIpc) is 2.79. The van der Waals surface area contributed by atoms with Gasteiger partial charge >= 0.3 is 0 Å². The van der Waals surface area contributed by atoms with Crippen molar-refractivity contribution in [2.24, 2.45) is 0 Å². The van der Waals surface area contributed by atoms with Crippen LogP contribution in [0.2, 0.25) is 0 Å². The van der Waals surface area contributed by atoms with E-state index in [1.165, 1.54) is 4.88 Å². The molecule has 0 aliphatic rings. The van der Waals surface area contributed by atoms with Crippen molar-refractivity contribution in [3.63, 3.8) is 0 Å². The summed E-state index contributed by atoms with van der Waals surface area (Å²) in [4.78, 5) is 11.5. The van der Waals surface area contributed by atoms with Crippen molar-refractivity contribution < 1.29 is 0 Å². The second-order valence-electron chi connectivity index (χ2n) is 4.61. The van der Waals surface area contributed by atoms with Crippen LogP contribution >= 0.6 is 11.3 Å². The van der Waals surface area contributed by atoms with Crippen LogP contribution in [-0.2, 0) is 6.42 Å². The molecule has 2 heterocycles. The van der Waals surface area contributed by atoms with E-state index in [2.05, 4.69) is 40.6 Å². The Kier molecular flexibility index (Phi) is 4.55. The van der Waals surface area contributed by atoms with Crippen LogP contribution in [-0.4, -0.2) is 35.6 Å². The first-order chi connectivity index (χ1) is 9.13. The summed E-state index contributed by atoms with van der Waals surface area (Å²) in [5, 5.41) is 6.25. The fourth-order valence-corrected chi connectivity index (χ4v) is 2.73. The molecule has 2 rings (SSSR count). The largest absolute Gasteiger partial charge is 0.354 e. The zero-order valence-electron chi connectivity index (χ0n) is 11.9. The van der Waals surface area contributed by atoms with Crippen molar-refractivity contribution in [3.05, 3.63) is 10.9 Å².